The fourth-order valence-electron chi connectivity index (χ4n) is 4.99. The minimum absolute atomic E-state index is 0.203. The predicted octanol–water partition coefficient (Wildman–Crippen LogP) is 7.61. The SMILES string of the molecule is CCCSc1nc2n(n1)C(c1ccc(OCc3ccc(C)cc3)c(OCC)c1)C(C(=O)Nc1cccc(C)c1C)=C(C)N2. The first-order valence-electron chi connectivity index (χ1n) is 14.7. The molecule has 4 aromatic rings. The fourth-order valence-corrected chi connectivity index (χ4v) is 5.68. The van der Waals surface area contributed by atoms with Crippen molar-refractivity contribution < 1.29 is 14.3 Å². The number of nitrogens with one attached hydrogen (secondary N) is 2. The van der Waals surface area contributed by atoms with E-state index in [1.807, 2.05) is 64.1 Å². The predicted molar refractivity (Wildman–Crippen MR) is 173 cm³/mol. The lowest BCUT2D eigenvalue weighted by molar-refractivity contribution is -0.113. The molecular weight excluding hydrogens is 558 g/mol. The van der Waals surface area contributed by atoms with Gasteiger partial charge in [-0.1, -0.05) is 66.7 Å². The van der Waals surface area contributed by atoms with E-state index in [0.29, 0.717) is 41.4 Å². The molecule has 0 radical (unpaired) electrons. The average molecular weight is 598 g/mol. The second-order valence-electron chi connectivity index (χ2n) is 10.7. The van der Waals surface area contributed by atoms with Crippen LogP contribution in [0.1, 0.15) is 61.1 Å². The van der Waals surface area contributed by atoms with Gasteiger partial charge in [0.25, 0.3) is 5.91 Å². The van der Waals surface area contributed by atoms with Gasteiger partial charge in [0.2, 0.25) is 11.1 Å². The van der Waals surface area contributed by atoms with Crippen LogP contribution in [0.25, 0.3) is 0 Å². The lowest BCUT2D eigenvalue weighted by Crippen LogP contribution is -2.31. The fraction of sp³-hybridized carbons (Fsp3) is 0.324. The van der Waals surface area contributed by atoms with Crippen molar-refractivity contribution in [3.05, 3.63) is 99.8 Å². The molecule has 0 saturated heterocycles. The summed E-state index contributed by atoms with van der Waals surface area (Å²) in [6.07, 6.45) is 1.01. The number of ether oxygens (including phenoxy) is 2. The molecule has 1 aromatic heterocycles. The van der Waals surface area contributed by atoms with E-state index in [2.05, 4.69) is 48.7 Å². The number of allylic oxidation sites excluding steroid dienone is 1. The molecule has 1 amide bonds. The number of hydrogen-bond donors (Lipinski definition) is 2. The molecule has 224 valence electrons. The van der Waals surface area contributed by atoms with Crippen molar-refractivity contribution in [1.82, 2.24) is 14.8 Å². The van der Waals surface area contributed by atoms with Gasteiger partial charge < -0.3 is 20.1 Å². The standard InChI is InChI=1S/C34H39N5O3S/c1-7-18-43-34-37-33-35-24(6)30(32(40)36-27-11-9-10-22(4)23(27)5)31(39(33)38-34)26-16-17-28(29(19-26)41-8-2)42-20-25-14-12-21(3)13-15-25/h9-17,19,31H,7-8,18,20H2,1-6H3,(H,36,40)(H,35,37,38). The van der Waals surface area contributed by atoms with Crippen LogP contribution in [0.4, 0.5) is 11.6 Å². The maximum absolute atomic E-state index is 14.0. The molecule has 1 aliphatic heterocycles. The third-order valence-electron chi connectivity index (χ3n) is 7.46. The number of benzene rings is 3. The second kappa shape index (κ2) is 13.4. The lowest BCUT2D eigenvalue weighted by atomic mass is 9.94. The summed E-state index contributed by atoms with van der Waals surface area (Å²) < 4.78 is 14.1. The Labute approximate surface area is 257 Å². The molecule has 43 heavy (non-hydrogen) atoms. The van der Waals surface area contributed by atoms with Crippen LogP contribution >= 0.6 is 11.8 Å². The Kier molecular flexibility index (Phi) is 9.40. The van der Waals surface area contributed by atoms with Gasteiger partial charge in [0.1, 0.15) is 12.6 Å². The third kappa shape index (κ3) is 6.72. The third-order valence-corrected chi connectivity index (χ3v) is 8.51. The highest BCUT2D eigenvalue weighted by atomic mass is 32.2. The zero-order chi connectivity index (χ0) is 30.5. The van der Waals surface area contributed by atoms with Crippen LogP contribution in [0.15, 0.2) is 77.1 Å². The number of carbonyl (C=O) groups excluding carboxylic acids is 1. The maximum Gasteiger partial charge on any atom is 0.255 e. The molecule has 9 heteroatoms. The highest BCUT2D eigenvalue weighted by Gasteiger charge is 2.35. The van der Waals surface area contributed by atoms with Gasteiger partial charge in [-0.2, -0.15) is 4.98 Å². The summed E-state index contributed by atoms with van der Waals surface area (Å²) in [6, 6.07) is 19.5. The number of aromatic nitrogens is 3. The molecule has 3 aromatic carbocycles. The van der Waals surface area contributed by atoms with Crippen molar-refractivity contribution in [3.8, 4) is 11.5 Å². The summed E-state index contributed by atoms with van der Waals surface area (Å²) in [7, 11) is 0. The molecular formula is C34H39N5O3S. The Bertz CT molecular complexity index is 1640. The average Bonchev–Trinajstić information content (AvgIpc) is 3.40. The van der Waals surface area contributed by atoms with Gasteiger partial charge in [-0.25, -0.2) is 4.68 Å². The summed E-state index contributed by atoms with van der Waals surface area (Å²) in [4.78, 5) is 18.8. The van der Waals surface area contributed by atoms with Gasteiger partial charge in [-0.05, 0) is 81.5 Å². The van der Waals surface area contributed by atoms with E-state index in [-0.39, 0.29) is 5.91 Å². The van der Waals surface area contributed by atoms with Crippen LogP contribution in [-0.2, 0) is 11.4 Å². The first-order chi connectivity index (χ1) is 20.8. The Balaban J connectivity index is 1.53. The number of aryl methyl sites for hydroxylation is 2. The quantitative estimate of drug-likeness (QED) is 0.172. The second-order valence-corrected chi connectivity index (χ2v) is 11.8. The number of hydrogen-bond acceptors (Lipinski definition) is 7. The highest BCUT2D eigenvalue weighted by molar-refractivity contribution is 7.99. The van der Waals surface area contributed by atoms with Crippen LogP contribution in [0, 0.1) is 20.8 Å². The molecule has 0 saturated carbocycles. The lowest BCUT2D eigenvalue weighted by Gasteiger charge is -2.29. The number of thioether (sulfide) groups is 1. The number of nitrogens with zero attached hydrogens (tertiary/aromatic N) is 3. The van der Waals surface area contributed by atoms with Crippen LogP contribution in [0.2, 0.25) is 0 Å². The molecule has 0 aliphatic carbocycles. The van der Waals surface area contributed by atoms with E-state index < -0.39 is 6.04 Å². The zero-order valence-corrected chi connectivity index (χ0v) is 26.5. The molecule has 0 spiro atoms. The van der Waals surface area contributed by atoms with Gasteiger partial charge in [0.15, 0.2) is 11.5 Å². The number of rotatable bonds is 11. The van der Waals surface area contributed by atoms with Gasteiger partial charge in [-0.3, -0.25) is 4.79 Å². The Hall–Kier alpha value is -4.24. The molecule has 5 rings (SSSR count). The van der Waals surface area contributed by atoms with E-state index in [4.69, 9.17) is 19.6 Å². The molecule has 8 nitrogen and oxygen atoms in total. The number of fused-ring (bicyclic) bond motifs is 1. The summed E-state index contributed by atoms with van der Waals surface area (Å²) in [5.41, 5.74) is 7.32. The molecule has 1 unspecified atom stereocenters. The van der Waals surface area contributed by atoms with E-state index in [9.17, 15) is 4.79 Å². The van der Waals surface area contributed by atoms with Gasteiger partial charge >= 0.3 is 0 Å². The van der Waals surface area contributed by atoms with Crippen LogP contribution in [-0.4, -0.2) is 33.0 Å². The van der Waals surface area contributed by atoms with E-state index in [1.54, 1.807) is 16.4 Å². The van der Waals surface area contributed by atoms with Gasteiger partial charge in [-0.15, -0.1) is 5.10 Å². The number of anilines is 2. The molecule has 2 heterocycles. The first-order valence-corrected chi connectivity index (χ1v) is 15.7. The Morgan fingerprint density at radius 1 is 1.00 bits per heavy atom. The largest absolute Gasteiger partial charge is 0.490 e. The first kappa shape index (κ1) is 30.2. The topological polar surface area (TPSA) is 90.3 Å². The van der Waals surface area contributed by atoms with E-state index >= 15 is 0 Å². The smallest absolute Gasteiger partial charge is 0.255 e. The van der Waals surface area contributed by atoms with Crippen molar-refractivity contribution in [2.45, 2.75) is 65.8 Å². The summed E-state index contributed by atoms with van der Waals surface area (Å²) in [5.74, 6) is 2.55. The Morgan fingerprint density at radius 2 is 1.79 bits per heavy atom. The van der Waals surface area contributed by atoms with Crippen molar-refractivity contribution in [2.24, 2.45) is 0 Å². The van der Waals surface area contributed by atoms with Crippen LogP contribution in [0.5, 0.6) is 11.5 Å². The minimum atomic E-state index is -0.532. The van der Waals surface area contributed by atoms with Crippen molar-refractivity contribution >= 4 is 29.3 Å². The normalized spacial score (nSPS) is 14.2. The van der Waals surface area contributed by atoms with Gasteiger partial charge in [0.05, 0.1) is 12.2 Å². The maximum atomic E-state index is 14.0. The minimum Gasteiger partial charge on any atom is -0.490 e. The molecule has 1 aliphatic rings. The highest BCUT2D eigenvalue weighted by Crippen LogP contribution is 2.40. The monoisotopic (exact) mass is 597 g/mol. The molecule has 0 fully saturated rings. The van der Waals surface area contributed by atoms with Crippen LogP contribution in [0.3, 0.4) is 0 Å². The number of carbonyl (C=O) groups is 1. The molecule has 0 bridgehead atoms. The molecule has 1 atom stereocenters. The van der Waals surface area contributed by atoms with Crippen molar-refractivity contribution in [2.75, 3.05) is 23.0 Å². The van der Waals surface area contributed by atoms with Crippen molar-refractivity contribution in [3.63, 3.8) is 0 Å². The summed E-state index contributed by atoms with van der Waals surface area (Å²) in [5, 5.41) is 12.0. The van der Waals surface area contributed by atoms with E-state index in [1.165, 1.54) is 5.56 Å². The van der Waals surface area contributed by atoms with Crippen LogP contribution < -0.4 is 20.1 Å². The Morgan fingerprint density at radius 3 is 2.53 bits per heavy atom. The van der Waals surface area contributed by atoms with Gasteiger partial charge in [0, 0.05) is 17.1 Å². The van der Waals surface area contributed by atoms with Crippen molar-refractivity contribution in [1.29, 1.82) is 0 Å². The summed E-state index contributed by atoms with van der Waals surface area (Å²) in [6.45, 7) is 13.0. The zero-order valence-electron chi connectivity index (χ0n) is 25.7. The summed E-state index contributed by atoms with van der Waals surface area (Å²) >= 11 is 1.60. The number of amides is 1. The van der Waals surface area contributed by atoms with E-state index in [0.717, 1.165) is 45.8 Å². The molecule has 2 N–H and O–H groups in total.